The molecule has 1 fully saturated rings. The Kier molecular flexibility index (Phi) is 7.38. The van der Waals surface area contributed by atoms with Crippen molar-refractivity contribution in [1.82, 2.24) is 4.31 Å². The average Bonchev–Trinajstić information content (AvgIpc) is 2.79. The molecule has 0 unspecified atom stereocenters. The molecule has 6 nitrogen and oxygen atoms in total. The summed E-state index contributed by atoms with van der Waals surface area (Å²) in [7, 11) is -2.30. The van der Waals surface area contributed by atoms with Gasteiger partial charge in [-0.25, -0.2) is 8.42 Å². The van der Waals surface area contributed by atoms with Crippen LogP contribution in [0.5, 0.6) is 5.75 Å². The number of para-hydroxylation sites is 1. The van der Waals surface area contributed by atoms with E-state index in [9.17, 15) is 13.2 Å². The van der Waals surface area contributed by atoms with Gasteiger partial charge >= 0.3 is 0 Å². The van der Waals surface area contributed by atoms with Gasteiger partial charge in [0.25, 0.3) is 0 Å². The first-order chi connectivity index (χ1) is 14.8. The molecule has 0 aliphatic carbocycles. The highest BCUT2D eigenvalue weighted by atomic mass is 32.2. The Morgan fingerprint density at radius 3 is 2.45 bits per heavy atom. The normalized spacial score (nSPS) is 17.4. The highest BCUT2D eigenvalue weighted by Crippen LogP contribution is 2.31. The van der Waals surface area contributed by atoms with E-state index in [1.807, 2.05) is 31.2 Å². The first-order valence-corrected chi connectivity index (χ1v) is 12.3. The van der Waals surface area contributed by atoms with Gasteiger partial charge < -0.3 is 10.1 Å². The number of carbonyl (C=O) groups excluding carboxylic acids is 1. The number of piperidine rings is 1. The third-order valence-corrected chi connectivity index (χ3v) is 7.83. The summed E-state index contributed by atoms with van der Waals surface area (Å²) in [6.45, 7) is 6.54. The number of nitrogens with one attached hydrogen (secondary N) is 1. The molecule has 1 saturated heterocycles. The highest BCUT2D eigenvalue weighted by Gasteiger charge is 2.35. The van der Waals surface area contributed by atoms with Crippen molar-refractivity contribution in [2.45, 2.75) is 51.3 Å². The molecule has 0 aromatic heterocycles. The molecule has 3 rings (SSSR count). The van der Waals surface area contributed by atoms with Crippen molar-refractivity contribution in [1.29, 1.82) is 0 Å². The molecular weight excluding hydrogens is 412 g/mol. The number of sulfonamides is 1. The zero-order valence-corrected chi connectivity index (χ0v) is 19.6. The Balaban J connectivity index is 1.83. The van der Waals surface area contributed by atoms with Crippen LogP contribution in [0.3, 0.4) is 0 Å². The van der Waals surface area contributed by atoms with E-state index in [0.717, 1.165) is 35.2 Å². The summed E-state index contributed by atoms with van der Waals surface area (Å²) in [6.07, 6.45) is 2.95. The van der Waals surface area contributed by atoms with Gasteiger partial charge in [0.05, 0.1) is 13.0 Å². The lowest BCUT2D eigenvalue weighted by molar-refractivity contribution is -0.120. The molecule has 1 heterocycles. The summed E-state index contributed by atoms with van der Waals surface area (Å²) in [5, 5.41) is 3.11. The smallest absolute Gasteiger partial charge is 0.246 e. The summed E-state index contributed by atoms with van der Waals surface area (Å²) < 4.78 is 33.4. The molecule has 0 bridgehead atoms. The van der Waals surface area contributed by atoms with Crippen LogP contribution in [0.1, 0.15) is 43.4 Å². The minimum atomic E-state index is -3.76. The van der Waals surface area contributed by atoms with Gasteiger partial charge in [-0.2, -0.15) is 4.31 Å². The fraction of sp³-hybridized carbons (Fsp3) is 0.458. The Hall–Kier alpha value is -2.38. The van der Waals surface area contributed by atoms with Crippen molar-refractivity contribution in [2.75, 3.05) is 25.5 Å². The number of benzene rings is 2. The standard InChI is InChI=1S/C24H32N2O4S/c1-5-18-9-7-10-19(6-2)23(18)25-24(27)20-11-8-14-26(16-20)31(28,29)22-15-17(3)12-13-21(22)30-4/h7,9-10,12-13,15,20H,5-6,8,11,14,16H2,1-4H3,(H,25,27)/t20-/m1/s1. The van der Waals surface area contributed by atoms with Crippen molar-refractivity contribution >= 4 is 21.6 Å². The number of methoxy groups -OCH3 is 1. The van der Waals surface area contributed by atoms with Gasteiger partial charge in [-0.05, 0) is 61.4 Å². The Morgan fingerprint density at radius 1 is 1.16 bits per heavy atom. The molecular formula is C24H32N2O4S. The molecule has 0 saturated carbocycles. The van der Waals surface area contributed by atoms with Crippen LogP contribution in [-0.4, -0.2) is 38.8 Å². The zero-order chi connectivity index (χ0) is 22.6. The van der Waals surface area contributed by atoms with E-state index >= 15 is 0 Å². The fourth-order valence-electron chi connectivity index (χ4n) is 4.13. The zero-order valence-electron chi connectivity index (χ0n) is 18.8. The van der Waals surface area contributed by atoms with Gasteiger partial charge in [0.15, 0.2) is 0 Å². The summed E-state index contributed by atoms with van der Waals surface area (Å²) in [5.74, 6) is -0.192. The fourth-order valence-corrected chi connectivity index (χ4v) is 5.89. The number of hydrogen-bond donors (Lipinski definition) is 1. The Labute approximate surface area is 185 Å². The topological polar surface area (TPSA) is 75.7 Å². The summed E-state index contributed by atoms with van der Waals surface area (Å²) in [6, 6.07) is 11.2. The molecule has 1 atom stereocenters. The average molecular weight is 445 g/mol. The number of hydrogen-bond acceptors (Lipinski definition) is 4. The second-order valence-corrected chi connectivity index (χ2v) is 9.91. The first-order valence-electron chi connectivity index (χ1n) is 10.9. The van der Waals surface area contributed by atoms with Crippen molar-refractivity contribution in [3.05, 3.63) is 53.1 Å². The van der Waals surface area contributed by atoms with Crippen molar-refractivity contribution in [3.63, 3.8) is 0 Å². The van der Waals surface area contributed by atoms with Crippen molar-refractivity contribution < 1.29 is 17.9 Å². The lowest BCUT2D eigenvalue weighted by Crippen LogP contribution is -2.43. The van der Waals surface area contributed by atoms with Crippen LogP contribution >= 0.6 is 0 Å². The molecule has 1 aliphatic heterocycles. The van der Waals surface area contributed by atoms with Crippen molar-refractivity contribution in [3.8, 4) is 5.75 Å². The molecule has 7 heteroatoms. The van der Waals surface area contributed by atoms with Crippen LogP contribution in [0, 0.1) is 12.8 Å². The lowest BCUT2D eigenvalue weighted by atomic mass is 9.97. The van der Waals surface area contributed by atoms with E-state index in [1.54, 1.807) is 12.1 Å². The van der Waals surface area contributed by atoms with Crippen LogP contribution < -0.4 is 10.1 Å². The SMILES string of the molecule is CCc1cccc(CC)c1NC(=O)[C@@H]1CCCN(S(=O)(=O)c2cc(C)ccc2OC)C1. The predicted molar refractivity (Wildman–Crippen MR) is 123 cm³/mol. The number of anilines is 1. The van der Waals surface area contributed by atoms with Gasteiger partial charge in [-0.1, -0.05) is 38.1 Å². The maximum atomic E-state index is 13.4. The number of nitrogens with zero attached hydrogens (tertiary/aromatic N) is 1. The second-order valence-electron chi connectivity index (χ2n) is 8.00. The van der Waals surface area contributed by atoms with Crippen LogP contribution in [0.25, 0.3) is 0 Å². The van der Waals surface area contributed by atoms with Crippen molar-refractivity contribution in [2.24, 2.45) is 5.92 Å². The summed E-state index contributed by atoms with van der Waals surface area (Å²) in [5.41, 5.74) is 3.90. The molecule has 1 N–H and O–H groups in total. The van der Waals surface area contributed by atoms with Gasteiger partial charge in [-0.15, -0.1) is 0 Å². The minimum absolute atomic E-state index is 0.119. The largest absolute Gasteiger partial charge is 0.495 e. The van der Waals surface area contributed by atoms with Crippen LogP contribution in [-0.2, 0) is 27.7 Å². The molecule has 1 amide bonds. The molecule has 0 radical (unpaired) electrons. The second kappa shape index (κ2) is 9.83. The number of rotatable bonds is 7. The molecule has 1 aliphatic rings. The molecule has 2 aromatic rings. The van der Waals surface area contributed by atoms with E-state index < -0.39 is 15.9 Å². The number of aryl methyl sites for hydroxylation is 3. The molecule has 0 spiro atoms. The number of amides is 1. The Morgan fingerprint density at radius 2 is 1.84 bits per heavy atom. The predicted octanol–water partition coefficient (Wildman–Crippen LogP) is 4.17. The lowest BCUT2D eigenvalue weighted by Gasteiger charge is -2.32. The third kappa shape index (κ3) is 4.93. The summed E-state index contributed by atoms with van der Waals surface area (Å²) >= 11 is 0. The molecule has 31 heavy (non-hydrogen) atoms. The number of carbonyl (C=O) groups is 1. The van der Waals surface area contributed by atoms with Gasteiger partial charge in [0, 0.05) is 18.8 Å². The van der Waals surface area contributed by atoms with E-state index in [0.29, 0.717) is 25.1 Å². The van der Waals surface area contributed by atoms with Gasteiger partial charge in [0.1, 0.15) is 10.6 Å². The maximum absolute atomic E-state index is 13.4. The van der Waals surface area contributed by atoms with Gasteiger partial charge in [-0.3, -0.25) is 4.79 Å². The Bertz CT molecular complexity index is 1030. The highest BCUT2D eigenvalue weighted by molar-refractivity contribution is 7.89. The van der Waals surface area contributed by atoms with Gasteiger partial charge in [0.2, 0.25) is 15.9 Å². The number of ether oxygens (including phenoxy) is 1. The molecule has 2 aromatic carbocycles. The van der Waals surface area contributed by atoms with E-state index in [1.165, 1.54) is 11.4 Å². The summed E-state index contributed by atoms with van der Waals surface area (Å²) in [4.78, 5) is 13.3. The molecule has 168 valence electrons. The van der Waals surface area contributed by atoms with E-state index in [2.05, 4.69) is 19.2 Å². The van der Waals surface area contributed by atoms with Crippen LogP contribution in [0.15, 0.2) is 41.3 Å². The van der Waals surface area contributed by atoms with E-state index in [-0.39, 0.29) is 17.3 Å². The first kappa shape index (κ1) is 23.3. The third-order valence-electron chi connectivity index (χ3n) is 5.94. The quantitative estimate of drug-likeness (QED) is 0.696. The van der Waals surface area contributed by atoms with E-state index in [4.69, 9.17) is 4.74 Å². The maximum Gasteiger partial charge on any atom is 0.246 e. The monoisotopic (exact) mass is 444 g/mol. The van der Waals surface area contributed by atoms with Crippen LogP contribution in [0.2, 0.25) is 0 Å². The minimum Gasteiger partial charge on any atom is -0.495 e. The van der Waals surface area contributed by atoms with Crippen LogP contribution in [0.4, 0.5) is 5.69 Å².